The van der Waals surface area contributed by atoms with Crippen molar-refractivity contribution in [1.82, 2.24) is 4.98 Å². The highest BCUT2D eigenvalue weighted by molar-refractivity contribution is 7.99. The van der Waals surface area contributed by atoms with E-state index in [4.69, 9.17) is 14.5 Å². The summed E-state index contributed by atoms with van der Waals surface area (Å²) >= 11 is 1.48. The van der Waals surface area contributed by atoms with E-state index >= 15 is 0 Å². The van der Waals surface area contributed by atoms with Crippen molar-refractivity contribution in [2.24, 2.45) is 34.5 Å². The van der Waals surface area contributed by atoms with Crippen LogP contribution in [0.15, 0.2) is 65.2 Å². The molecule has 5 aliphatic carbocycles. The smallest absolute Gasteiger partial charge is 0.178 e. The number of aliphatic hydroxyl groups excluding tert-OH is 1. The normalized spacial score (nSPS) is 41.9. The summed E-state index contributed by atoms with van der Waals surface area (Å²) in [5.41, 5.74) is 0.0748. The van der Waals surface area contributed by atoms with Gasteiger partial charge in [-0.1, -0.05) is 74.4 Å². The molecule has 6 aliphatic rings. The van der Waals surface area contributed by atoms with E-state index in [1.54, 1.807) is 12.2 Å². The number of ketones is 2. The molecule has 0 amide bonds. The van der Waals surface area contributed by atoms with E-state index < -0.39 is 17.1 Å². The quantitative estimate of drug-likeness (QED) is 0.395. The van der Waals surface area contributed by atoms with Crippen LogP contribution in [0.5, 0.6) is 0 Å². The van der Waals surface area contributed by atoms with E-state index in [0.717, 1.165) is 53.6 Å². The number of nitrogens with zero attached hydrogens (tertiary/aromatic N) is 1. The highest BCUT2D eigenvalue weighted by atomic mass is 32.2. The molecular formula is C36H41NO5S. The lowest BCUT2D eigenvalue weighted by molar-refractivity contribution is -0.205. The number of aromatic nitrogens is 1. The number of pyridine rings is 1. The number of fused-ring (bicyclic) bond motifs is 8. The Kier molecular flexibility index (Phi) is 6.62. The van der Waals surface area contributed by atoms with Gasteiger partial charge in [-0.25, -0.2) is 4.98 Å². The average Bonchev–Trinajstić information content (AvgIpc) is 3.71. The average molecular weight is 600 g/mol. The molecule has 1 saturated heterocycles. The van der Waals surface area contributed by atoms with Crippen molar-refractivity contribution in [3.8, 4) is 0 Å². The van der Waals surface area contributed by atoms with E-state index in [1.165, 1.54) is 24.6 Å². The molecule has 6 unspecified atom stereocenters. The monoisotopic (exact) mass is 599 g/mol. The second kappa shape index (κ2) is 10.1. The molecule has 0 spiro atoms. The van der Waals surface area contributed by atoms with E-state index in [0.29, 0.717) is 12.3 Å². The molecule has 2 aromatic rings. The first-order valence-electron chi connectivity index (χ1n) is 16.2. The maximum Gasteiger partial charge on any atom is 0.178 e. The number of hydrogen-bond acceptors (Lipinski definition) is 7. The van der Waals surface area contributed by atoms with Gasteiger partial charge in [-0.15, -0.1) is 0 Å². The van der Waals surface area contributed by atoms with Gasteiger partial charge in [0.25, 0.3) is 0 Å². The van der Waals surface area contributed by atoms with Gasteiger partial charge in [-0.3, -0.25) is 9.59 Å². The minimum absolute atomic E-state index is 0.00251. The van der Waals surface area contributed by atoms with Crippen molar-refractivity contribution >= 4 is 34.2 Å². The zero-order chi connectivity index (χ0) is 29.6. The number of rotatable bonds is 5. The summed E-state index contributed by atoms with van der Waals surface area (Å²) in [7, 11) is 0. The fourth-order valence-electron chi connectivity index (χ4n) is 10.4. The number of carbonyl (C=O) groups excluding carboxylic acids is 2. The summed E-state index contributed by atoms with van der Waals surface area (Å²) < 4.78 is 13.8. The van der Waals surface area contributed by atoms with Gasteiger partial charge in [-0.05, 0) is 74.6 Å². The van der Waals surface area contributed by atoms with Crippen LogP contribution in [0.4, 0.5) is 0 Å². The van der Waals surface area contributed by atoms with Gasteiger partial charge in [0.1, 0.15) is 0 Å². The molecule has 0 radical (unpaired) electrons. The third-order valence-corrected chi connectivity index (χ3v) is 13.3. The summed E-state index contributed by atoms with van der Waals surface area (Å²) in [6.45, 7) is 4.40. The summed E-state index contributed by atoms with van der Waals surface area (Å²) in [5.74, 6) is 1.09. The predicted molar refractivity (Wildman–Crippen MR) is 165 cm³/mol. The first-order chi connectivity index (χ1) is 20.7. The number of hydrogen-bond donors (Lipinski definition) is 1. The molecule has 9 atom stereocenters. The SMILES string of the molecule is CC12C=CC(=O)C=C1CCC1C2[C@@H](O)CC2(C)C1C[C@H]1OC(C3CCCC3)O[C@]12C(=O)CSc1ccc2ccccc2n1. The van der Waals surface area contributed by atoms with Crippen LogP contribution in [-0.4, -0.2) is 51.5 Å². The van der Waals surface area contributed by atoms with E-state index in [2.05, 4.69) is 19.9 Å². The molecule has 4 saturated carbocycles. The fraction of sp³-hybridized carbons (Fsp3) is 0.583. The van der Waals surface area contributed by atoms with Crippen molar-refractivity contribution < 1.29 is 24.2 Å². The number of thioether (sulfide) groups is 1. The van der Waals surface area contributed by atoms with Crippen LogP contribution in [0.3, 0.4) is 0 Å². The van der Waals surface area contributed by atoms with E-state index in [1.807, 2.05) is 36.4 Å². The van der Waals surface area contributed by atoms with Crippen molar-refractivity contribution in [3.63, 3.8) is 0 Å². The van der Waals surface area contributed by atoms with E-state index in [9.17, 15) is 14.7 Å². The topological polar surface area (TPSA) is 85.7 Å². The molecule has 1 aliphatic heterocycles. The van der Waals surface area contributed by atoms with Gasteiger partial charge in [-0.2, -0.15) is 0 Å². The highest BCUT2D eigenvalue weighted by Gasteiger charge is 2.76. The molecule has 6 nitrogen and oxygen atoms in total. The van der Waals surface area contributed by atoms with Crippen LogP contribution in [0, 0.1) is 34.5 Å². The van der Waals surface area contributed by atoms with Crippen LogP contribution in [0.25, 0.3) is 10.9 Å². The van der Waals surface area contributed by atoms with Gasteiger partial charge in [0.2, 0.25) is 0 Å². The maximum atomic E-state index is 14.7. The lowest BCUT2D eigenvalue weighted by Gasteiger charge is -2.59. The standard InChI is InChI=1S/C36H41NO5S/c1-34-16-15-24(38)17-23(34)12-13-25-26-18-30-36(35(26,2)19-28(39)32(25)34,42-33(41-30)22-8-3-4-9-22)29(40)20-43-31-14-11-21-7-5-6-10-27(21)37-31/h5-7,10-11,14-17,22,25-26,28,30,32-33,39H,3-4,8-9,12-13,18-20H2,1-2H3/t25?,26?,28-,30+,32?,33?,34?,35?,36+/m0/s1. The van der Waals surface area contributed by atoms with Crippen LogP contribution < -0.4 is 0 Å². The van der Waals surface area contributed by atoms with Crippen molar-refractivity contribution in [3.05, 3.63) is 60.2 Å². The Morgan fingerprint density at radius 3 is 2.77 bits per heavy atom. The lowest BCUT2D eigenvalue weighted by atomic mass is 9.46. The first kappa shape index (κ1) is 28.2. The number of allylic oxidation sites excluding steroid dienone is 4. The van der Waals surface area contributed by atoms with E-state index in [-0.39, 0.29) is 52.9 Å². The Labute approximate surface area is 257 Å². The molecule has 226 valence electrons. The number of ether oxygens (including phenoxy) is 2. The third kappa shape index (κ3) is 4.07. The molecule has 5 fully saturated rings. The molecule has 7 heteroatoms. The van der Waals surface area contributed by atoms with Crippen molar-refractivity contribution in [1.29, 1.82) is 0 Å². The van der Waals surface area contributed by atoms with Crippen molar-refractivity contribution in [2.75, 3.05) is 5.75 Å². The lowest BCUT2D eigenvalue weighted by Crippen LogP contribution is -2.63. The molecule has 1 aromatic heterocycles. The Morgan fingerprint density at radius 1 is 1.12 bits per heavy atom. The molecule has 1 N–H and O–H groups in total. The molecule has 1 aromatic carbocycles. The van der Waals surface area contributed by atoms with Crippen LogP contribution in [0.1, 0.15) is 65.2 Å². The third-order valence-electron chi connectivity index (χ3n) is 12.4. The summed E-state index contributed by atoms with van der Waals surface area (Å²) in [6, 6.07) is 12.1. The molecular weight excluding hydrogens is 558 g/mol. The number of benzene rings is 1. The number of aliphatic hydroxyl groups is 1. The van der Waals surface area contributed by atoms with Gasteiger partial charge < -0.3 is 14.6 Å². The Bertz CT molecular complexity index is 1550. The fourth-order valence-corrected chi connectivity index (χ4v) is 11.2. The van der Waals surface area contributed by atoms with Gasteiger partial charge >= 0.3 is 0 Å². The Hall–Kier alpha value is -2.32. The zero-order valence-corrected chi connectivity index (χ0v) is 25.9. The van der Waals surface area contributed by atoms with Gasteiger partial charge in [0, 0.05) is 28.1 Å². The first-order valence-corrected chi connectivity index (χ1v) is 17.2. The number of carbonyl (C=O) groups is 2. The van der Waals surface area contributed by atoms with Crippen LogP contribution >= 0.6 is 11.8 Å². The minimum Gasteiger partial charge on any atom is -0.393 e. The zero-order valence-electron chi connectivity index (χ0n) is 25.0. The second-order valence-corrected chi connectivity index (χ2v) is 15.4. The molecule has 43 heavy (non-hydrogen) atoms. The predicted octanol–water partition coefficient (Wildman–Crippen LogP) is 6.46. The molecule has 0 bridgehead atoms. The maximum absolute atomic E-state index is 14.7. The Balaban J connectivity index is 1.13. The Morgan fingerprint density at radius 2 is 1.93 bits per heavy atom. The van der Waals surface area contributed by atoms with Gasteiger partial charge in [0.05, 0.1) is 28.5 Å². The van der Waals surface area contributed by atoms with Crippen LogP contribution in [0.2, 0.25) is 0 Å². The summed E-state index contributed by atoms with van der Waals surface area (Å²) in [4.78, 5) is 31.8. The highest BCUT2D eigenvalue weighted by Crippen LogP contribution is 2.70. The largest absolute Gasteiger partial charge is 0.393 e. The van der Waals surface area contributed by atoms with Crippen molar-refractivity contribution in [2.45, 2.75) is 94.3 Å². The molecule has 2 heterocycles. The minimum atomic E-state index is -1.09. The summed E-state index contributed by atoms with van der Waals surface area (Å²) in [5, 5.41) is 13.9. The van der Waals surface area contributed by atoms with Gasteiger partial charge in [0.15, 0.2) is 23.5 Å². The van der Waals surface area contributed by atoms with Crippen LogP contribution in [-0.2, 0) is 19.1 Å². The molecule has 8 rings (SSSR count). The summed E-state index contributed by atoms with van der Waals surface area (Å²) in [6.07, 6.45) is 11.7. The number of Topliss-reactive ketones (excluding diaryl/α,β-unsaturated/α-hetero) is 1. The second-order valence-electron chi connectivity index (χ2n) is 14.4. The number of para-hydroxylation sites is 1.